The van der Waals surface area contributed by atoms with Gasteiger partial charge in [0, 0.05) is 35.4 Å². The van der Waals surface area contributed by atoms with Gasteiger partial charge in [-0.25, -0.2) is 9.97 Å². The van der Waals surface area contributed by atoms with Crippen LogP contribution in [-0.4, -0.2) is 72.8 Å². The molecule has 212 valence electrons. The van der Waals surface area contributed by atoms with Crippen LogP contribution in [0.15, 0.2) is 72.8 Å². The van der Waals surface area contributed by atoms with Crippen LogP contribution < -0.4 is 9.47 Å². The van der Waals surface area contributed by atoms with Crippen molar-refractivity contribution in [1.29, 1.82) is 0 Å². The van der Waals surface area contributed by atoms with Gasteiger partial charge < -0.3 is 23.7 Å². The lowest BCUT2D eigenvalue weighted by molar-refractivity contribution is 0.00461. The third-order valence-electron chi connectivity index (χ3n) is 7.25. The van der Waals surface area contributed by atoms with Crippen molar-refractivity contribution in [2.24, 2.45) is 0 Å². The molecule has 1 aliphatic heterocycles. The minimum absolute atomic E-state index is 0.295. The summed E-state index contributed by atoms with van der Waals surface area (Å²) in [4.78, 5) is 19.4. The van der Waals surface area contributed by atoms with Crippen molar-refractivity contribution in [3.8, 4) is 34.5 Å². The number of hydrogen-bond donors (Lipinski definition) is 0. The summed E-state index contributed by atoms with van der Waals surface area (Å²) < 4.78 is 28.5. The van der Waals surface area contributed by atoms with Crippen molar-refractivity contribution in [3.05, 3.63) is 84.2 Å². The molecular formula is C32H34N4O5. The summed E-state index contributed by atoms with van der Waals surface area (Å²) in [6, 6.07) is 23.8. The fourth-order valence-corrected chi connectivity index (χ4v) is 5.04. The number of hydrogen-bond acceptors (Lipinski definition) is 9. The van der Waals surface area contributed by atoms with Gasteiger partial charge >= 0.3 is 0 Å². The number of nitrogens with zero attached hydrogens (tertiary/aromatic N) is 4. The zero-order valence-corrected chi connectivity index (χ0v) is 23.0. The van der Waals surface area contributed by atoms with E-state index < -0.39 is 0 Å². The Hall–Kier alpha value is -3.92. The standard InChI is InChI=1S/C32H34N4O5/c1-5-25-23-13-14-24(23)26-6-2-8-28(34-26)30-10-4-12-32(36-30)41-22-20-39-18-16-37-15-17-38-19-21-40-31-11-3-9-29(35-31)27(7-1)33-25/h1-12,23-24H,13-22H2. The van der Waals surface area contributed by atoms with Crippen LogP contribution >= 0.6 is 0 Å². The fourth-order valence-electron chi connectivity index (χ4n) is 5.04. The van der Waals surface area contributed by atoms with E-state index in [1.807, 2.05) is 48.5 Å². The first kappa shape index (κ1) is 27.3. The van der Waals surface area contributed by atoms with Crippen molar-refractivity contribution in [2.45, 2.75) is 24.7 Å². The van der Waals surface area contributed by atoms with Crippen molar-refractivity contribution < 1.29 is 23.7 Å². The van der Waals surface area contributed by atoms with Crippen LogP contribution in [0.5, 0.6) is 11.8 Å². The first-order chi connectivity index (χ1) is 20.3. The Morgan fingerprint density at radius 1 is 0.415 bits per heavy atom. The Morgan fingerprint density at radius 2 is 0.780 bits per heavy atom. The summed E-state index contributed by atoms with van der Waals surface area (Å²) in [6.07, 6.45) is 2.14. The van der Waals surface area contributed by atoms with Gasteiger partial charge in [0.15, 0.2) is 0 Å². The molecular weight excluding hydrogens is 520 g/mol. The molecule has 4 aromatic heterocycles. The lowest BCUT2D eigenvalue weighted by Crippen LogP contribution is -2.24. The predicted octanol–water partition coefficient (Wildman–Crippen LogP) is 5.08. The van der Waals surface area contributed by atoms with Gasteiger partial charge in [-0.2, -0.15) is 0 Å². The quantitative estimate of drug-likeness (QED) is 0.295. The predicted molar refractivity (Wildman–Crippen MR) is 153 cm³/mol. The lowest BCUT2D eigenvalue weighted by atomic mass is 9.70. The van der Waals surface area contributed by atoms with Gasteiger partial charge in [-0.15, -0.1) is 0 Å². The molecule has 0 N–H and O–H groups in total. The highest BCUT2D eigenvalue weighted by atomic mass is 16.6. The minimum Gasteiger partial charge on any atom is -0.475 e. The molecule has 0 radical (unpaired) electrons. The molecule has 4 aromatic rings. The highest BCUT2D eigenvalue weighted by Gasteiger charge is 2.35. The molecule has 0 spiro atoms. The maximum absolute atomic E-state index is 5.83. The highest BCUT2D eigenvalue weighted by Crippen LogP contribution is 2.48. The zero-order chi connectivity index (χ0) is 27.7. The smallest absolute Gasteiger partial charge is 0.213 e. The molecule has 2 atom stereocenters. The molecule has 0 saturated heterocycles. The molecule has 2 unspecified atom stereocenters. The average Bonchev–Trinajstić information content (AvgIpc) is 2.99. The van der Waals surface area contributed by atoms with E-state index in [0.29, 0.717) is 76.5 Å². The highest BCUT2D eigenvalue weighted by molar-refractivity contribution is 5.56. The van der Waals surface area contributed by atoms with E-state index in [1.54, 1.807) is 0 Å². The fraction of sp³-hybridized carbons (Fsp3) is 0.375. The second-order valence-corrected chi connectivity index (χ2v) is 9.94. The van der Waals surface area contributed by atoms with E-state index in [9.17, 15) is 0 Å². The van der Waals surface area contributed by atoms with Gasteiger partial charge in [-0.3, -0.25) is 9.97 Å². The first-order valence-corrected chi connectivity index (χ1v) is 14.2. The van der Waals surface area contributed by atoms with E-state index in [-0.39, 0.29) is 0 Å². The Bertz CT molecular complexity index is 1330. The van der Waals surface area contributed by atoms with Crippen LogP contribution in [-0.2, 0) is 14.2 Å². The Kier molecular flexibility index (Phi) is 9.06. The largest absolute Gasteiger partial charge is 0.475 e. The van der Waals surface area contributed by atoms with Crippen molar-refractivity contribution in [1.82, 2.24) is 19.9 Å². The SMILES string of the molecule is c1cc2nc(c1)-c1cccc(n1)C1CCC1c1cccc(n1)-c1cccc(n1)OCCOCCOCCOCCO2. The van der Waals surface area contributed by atoms with Gasteiger partial charge in [0.1, 0.15) is 13.2 Å². The summed E-state index contributed by atoms with van der Waals surface area (Å²) in [6.45, 7) is 3.65. The van der Waals surface area contributed by atoms with E-state index in [1.165, 1.54) is 0 Å². The molecule has 9 nitrogen and oxygen atoms in total. The van der Waals surface area contributed by atoms with E-state index in [2.05, 4.69) is 34.2 Å². The monoisotopic (exact) mass is 554 g/mol. The molecule has 9 heteroatoms. The lowest BCUT2D eigenvalue weighted by Gasteiger charge is -2.36. The molecule has 5 heterocycles. The van der Waals surface area contributed by atoms with Gasteiger partial charge in [0.2, 0.25) is 11.8 Å². The molecule has 2 aliphatic rings. The Balaban J connectivity index is 1.23. The summed E-state index contributed by atoms with van der Waals surface area (Å²) >= 11 is 0. The Morgan fingerprint density at radius 3 is 1.20 bits per heavy atom. The van der Waals surface area contributed by atoms with Crippen LogP contribution in [0.3, 0.4) is 0 Å². The number of pyridine rings is 4. The molecule has 41 heavy (non-hydrogen) atoms. The van der Waals surface area contributed by atoms with E-state index in [0.717, 1.165) is 47.0 Å². The molecule has 1 aliphatic carbocycles. The molecule has 6 rings (SSSR count). The van der Waals surface area contributed by atoms with Gasteiger partial charge in [-0.1, -0.05) is 24.3 Å². The Labute approximate surface area is 239 Å². The molecule has 8 bridgehead atoms. The number of rotatable bonds is 0. The van der Waals surface area contributed by atoms with E-state index >= 15 is 0 Å². The molecule has 0 amide bonds. The average molecular weight is 555 g/mol. The van der Waals surface area contributed by atoms with Crippen molar-refractivity contribution >= 4 is 0 Å². The minimum atomic E-state index is 0.295. The summed E-state index contributed by atoms with van der Waals surface area (Å²) in [5.41, 5.74) is 5.34. The number of aromatic nitrogens is 4. The van der Waals surface area contributed by atoms with Crippen LogP contribution in [0.4, 0.5) is 0 Å². The third-order valence-corrected chi connectivity index (χ3v) is 7.25. The number of fused-ring (bicyclic) bond motifs is 13. The second kappa shape index (κ2) is 13.6. The third kappa shape index (κ3) is 7.05. The van der Waals surface area contributed by atoms with E-state index in [4.69, 9.17) is 33.7 Å². The second-order valence-electron chi connectivity index (χ2n) is 9.94. The van der Waals surface area contributed by atoms with Crippen LogP contribution in [0, 0.1) is 0 Å². The van der Waals surface area contributed by atoms with Gasteiger partial charge in [0.25, 0.3) is 0 Å². The normalized spacial score (nSPS) is 20.3. The van der Waals surface area contributed by atoms with Gasteiger partial charge in [-0.05, 0) is 49.2 Å². The maximum Gasteiger partial charge on any atom is 0.213 e. The summed E-state index contributed by atoms with van der Waals surface area (Å²) in [5, 5.41) is 0. The molecule has 1 saturated carbocycles. The number of ether oxygens (including phenoxy) is 5. The van der Waals surface area contributed by atoms with Crippen LogP contribution in [0.1, 0.15) is 36.1 Å². The summed E-state index contributed by atoms with van der Waals surface area (Å²) in [5.74, 6) is 1.69. The molecule has 1 fully saturated rings. The van der Waals surface area contributed by atoms with Crippen LogP contribution in [0.25, 0.3) is 22.8 Å². The van der Waals surface area contributed by atoms with Crippen LogP contribution in [0.2, 0.25) is 0 Å². The van der Waals surface area contributed by atoms with Gasteiger partial charge in [0.05, 0.1) is 62.4 Å². The molecule has 0 aromatic carbocycles. The first-order valence-electron chi connectivity index (χ1n) is 14.2. The topological polar surface area (TPSA) is 97.7 Å². The van der Waals surface area contributed by atoms with Crippen molar-refractivity contribution in [3.63, 3.8) is 0 Å². The summed E-state index contributed by atoms with van der Waals surface area (Å²) in [7, 11) is 0. The zero-order valence-electron chi connectivity index (χ0n) is 23.0. The van der Waals surface area contributed by atoms with Crippen molar-refractivity contribution in [2.75, 3.05) is 52.9 Å². The maximum atomic E-state index is 5.83.